The molecule has 0 radical (unpaired) electrons. The molecule has 0 aliphatic carbocycles. The number of aromatic nitrogens is 6. The Morgan fingerprint density at radius 2 is 1.84 bits per heavy atom. The Kier molecular flexibility index (Phi) is 3.84. The van der Waals surface area contributed by atoms with Crippen molar-refractivity contribution in [2.24, 2.45) is 0 Å². The maximum absolute atomic E-state index is 5.22. The number of methoxy groups -OCH3 is 1. The highest BCUT2D eigenvalue weighted by atomic mass is 79.9. The zero-order chi connectivity index (χ0) is 17.6. The van der Waals surface area contributed by atoms with Gasteiger partial charge in [0.15, 0.2) is 5.65 Å². The summed E-state index contributed by atoms with van der Waals surface area (Å²) in [5, 5.41) is 0.930. The Bertz CT molecular complexity index is 1090. The van der Waals surface area contributed by atoms with Crippen LogP contribution in [0.15, 0.2) is 29.0 Å². The number of hydrogen-bond donors (Lipinski definition) is 0. The number of ether oxygens (including phenoxy) is 1. The van der Waals surface area contributed by atoms with Gasteiger partial charge >= 0.3 is 0 Å². The summed E-state index contributed by atoms with van der Waals surface area (Å²) in [5.41, 5.74) is 3.33. The van der Waals surface area contributed by atoms with Crippen molar-refractivity contribution in [3.63, 3.8) is 0 Å². The van der Waals surface area contributed by atoms with Crippen molar-refractivity contribution in [2.75, 3.05) is 7.11 Å². The molecule has 0 bridgehead atoms. The van der Waals surface area contributed by atoms with Crippen LogP contribution in [0.25, 0.3) is 22.1 Å². The van der Waals surface area contributed by atoms with E-state index in [1.54, 1.807) is 19.5 Å². The van der Waals surface area contributed by atoms with E-state index in [0.29, 0.717) is 18.1 Å². The van der Waals surface area contributed by atoms with Crippen molar-refractivity contribution < 1.29 is 4.74 Å². The van der Waals surface area contributed by atoms with Gasteiger partial charge in [-0.1, -0.05) is 0 Å². The first-order chi connectivity index (χ1) is 12.1. The molecule has 8 heteroatoms. The van der Waals surface area contributed by atoms with E-state index in [1.807, 2.05) is 26.0 Å². The van der Waals surface area contributed by atoms with Crippen LogP contribution in [0.4, 0.5) is 0 Å². The van der Waals surface area contributed by atoms with Gasteiger partial charge in [0, 0.05) is 23.8 Å². The molecule has 0 N–H and O–H groups in total. The third kappa shape index (κ3) is 2.72. The number of fused-ring (bicyclic) bond motifs is 3. The van der Waals surface area contributed by atoms with Crippen molar-refractivity contribution in [2.45, 2.75) is 20.4 Å². The summed E-state index contributed by atoms with van der Waals surface area (Å²) in [4.78, 5) is 22.5. The van der Waals surface area contributed by atoms with Gasteiger partial charge in [0.25, 0.3) is 0 Å². The standard InChI is InChI=1S/C17H15BrN6O/c1-9-15-16(12-4-5-14(25-3)23-17(12)21-9)24(10(2)22-15)8-13-19-6-11(18)7-20-13/h4-7H,8H2,1-3H3. The van der Waals surface area contributed by atoms with Gasteiger partial charge in [0.05, 0.1) is 29.3 Å². The average Bonchev–Trinajstić information content (AvgIpc) is 2.94. The van der Waals surface area contributed by atoms with Crippen LogP contribution in [-0.4, -0.2) is 36.6 Å². The Labute approximate surface area is 152 Å². The highest BCUT2D eigenvalue weighted by Gasteiger charge is 2.16. The third-order valence-corrected chi connectivity index (χ3v) is 4.47. The SMILES string of the molecule is COc1ccc2c(n1)nc(C)c1nc(C)n(Cc3ncc(Br)cn3)c12. The van der Waals surface area contributed by atoms with Crippen LogP contribution in [0, 0.1) is 13.8 Å². The minimum atomic E-state index is 0.528. The van der Waals surface area contributed by atoms with Crippen LogP contribution in [0.5, 0.6) is 5.88 Å². The van der Waals surface area contributed by atoms with Crippen LogP contribution >= 0.6 is 15.9 Å². The largest absolute Gasteiger partial charge is 0.481 e. The first-order valence-corrected chi connectivity index (χ1v) is 8.50. The quantitative estimate of drug-likeness (QED) is 0.527. The molecule has 126 valence electrons. The number of nitrogens with zero attached hydrogens (tertiary/aromatic N) is 6. The average molecular weight is 399 g/mol. The molecule has 0 fully saturated rings. The number of halogens is 1. The molecule has 4 aromatic heterocycles. The molecule has 4 rings (SSSR count). The summed E-state index contributed by atoms with van der Waals surface area (Å²) in [7, 11) is 1.60. The molecule has 0 unspecified atom stereocenters. The van der Waals surface area contributed by atoms with Gasteiger partial charge in [-0.3, -0.25) is 0 Å². The lowest BCUT2D eigenvalue weighted by molar-refractivity contribution is 0.399. The molecule has 0 aliphatic rings. The van der Waals surface area contributed by atoms with Gasteiger partial charge < -0.3 is 9.30 Å². The lowest BCUT2D eigenvalue weighted by atomic mass is 10.2. The molecule has 0 aliphatic heterocycles. The van der Waals surface area contributed by atoms with Crippen LogP contribution in [-0.2, 0) is 6.54 Å². The number of aryl methyl sites for hydroxylation is 2. The van der Waals surface area contributed by atoms with Gasteiger partial charge in [0.2, 0.25) is 5.88 Å². The topological polar surface area (TPSA) is 78.6 Å². The Hall–Kier alpha value is -2.61. The molecule has 0 atom stereocenters. The highest BCUT2D eigenvalue weighted by molar-refractivity contribution is 9.10. The number of imidazole rings is 1. The third-order valence-electron chi connectivity index (χ3n) is 4.06. The van der Waals surface area contributed by atoms with E-state index in [2.05, 4.69) is 40.4 Å². The predicted molar refractivity (Wildman–Crippen MR) is 97.7 cm³/mol. The summed E-state index contributed by atoms with van der Waals surface area (Å²) in [6, 6.07) is 3.80. The van der Waals surface area contributed by atoms with E-state index in [9.17, 15) is 0 Å². The number of pyridine rings is 2. The fourth-order valence-electron chi connectivity index (χ4n) is 2.87. The van der Waals surface area contributed by atoms with E-state index in [1.165, 1.54) is 0 Å². The van der Waals surface area contributed by atoms with Crippen molar-refractivity contribution in [1.29, 1.82) is 0 Å². The van der Waals surface area contributed by atoms with Crippen molar-refractivity contribution >= 4 is 38.0 Å². The second-order valence-corrected chi connectivity index (χ2v) is 6.60. The summed E-state index contributed by atoms with van der Waals surface area (Å²) in [6.07, 6.45) is 3.49. The summed E-state index contributed by atoms with van der Waals surface area (Å²) < 4.78 is 8.17. The minimum absolute atomic E-state index is 0.528. The normalized spacial score (nSPS) is 11.4. The first kappa shape index (κ1) is 15.9. The van der Waals surface area contributed by atoms with Crippen LogP contribution in [0.3, 0.4) is 0 Å². The maximum Gasteiger partial charge on any atom is 0.215 e. The lowest BCUT2D eigenvalue weighted by Gasteiger charge is -2.09. The summed E-state index contributed by atoms with van der Waals surface area (Å²) in [5.74, 6) is 2.14. The van der Waals surface area contributed by atoms with Crippen molar-refractivity contribution in [3.8, 4) is 5.88 Å². The van der Waals surface area contributed by atoms with Crippen molar-refractivity contribution in [1.82, 2.24) is 29.5 Å². The van der Waals surface area contributed by atoms with E-state index in [4.69, 9.17) is 9.72 Å². The zero-order valence-corrected chi connectivity index (χ0v) is 15.6. The molecule has 0 aromatic carbocycles. The number of rotatable bonds is 3. The number of hydrogen-bond acceptors (Lipinski definition) is 6. The van der Waals surface area contributed by atoms with E-state index in [-0.39, 0.29) is 0 Å². The second-order valence-electron chi connectivity index (χ2n) is 5.68. The molecule has 4 aromatic rings. The fourth-order valence-corrected chi connectivity index (χ4v) is 3.08. The predicted octanol–water partition coefficient (Wildman–Crippen LogP) is 3.21. The first-order valence-electron chi connectivity index (χ1n) is 7.71. The van der Waals surface area contributed by atoms with E-state index in [0.717, 1.165) is 38.2 Å². The fraction of sp³-hybridized carbons (Fsp3) is 0.235. The Balaban J connectivity index is 1.96. The Morgan fingerprint density at radius 1 is 1.08 bits per heavy atom. The van der Waals surface area contributed by atoms with Gasteiger partial charge in [-0.25, -0.2) is 19.9 Å². The molecular weight excluding hydrogens is 384 g/mol. The van der Waals surface area contributed by atoms with E-state index < -0.39 is 0 Å². The molecule has 7 nitrogen and oxygen atoms in total. The molecule has 0 saturated carbocycles. The second kappa shape index (κ2) is 6.03. The zero-order valence-electron chi connectivity index (χ0n) is 14.0. The minimum Gasteiger partial charge on any atom is -0.481 e. The summed E-state index contributed by atoms with van der Waals surface area (Å²) >= 11 is 3.36. The Morgan fingerprint density at radius 3 is 2.56 bits per heavy atom. The molecule has 0 spiro atoms. The lowest BCUT2D eigenvalue weighted by Crippen LogP contribution is -2.06. The smallest absolute Gasteiger partial charge is 0.215 e. The van der Waals surface area contributed by atoms with Crippen LogP contribution < -0.4 is 4.74 Å². The van der Waals surface area contributed by atoms with Gasteiger partial charge in [0.1, 0.15) is 17.2 Å². The van der Waals surface area contributed by atoms with Gasteiger partial charge in [-0.05, 0) is 35.8 Å². The molecule has 0 amide bonds. The summed E-state index contributed by atoms with van der Waals surface area (Å²) in [6.45, 7) is 4.44. The van der Waals surface area contributed by atoms with E-state index >= 15 is 0 Å². The molecule has 0 saturated heterocycles. The highest BCUT2D eigenvalue weighted by Crippen LogP contribution is 2.28. The molecular formula is C17H15BrN6O. The van der Waals surface area contributed by atoms with Crippen LogP contribution in [0.1, 0.15) is 17.3 Å². The molecule has 4 heterocycles. The molecule has 25 heavy (non-hydrogen) atoms. The van der Waals surface area contributed by atoms with Crippen molar-refractivity contribution in [3.05, 3.63) is 46.3 Å². The monoisotopic (exact) mass is 398 g/mol. The van der Waals surface area contributed by atoms with Crippen LogP contribution in [0.2, 0.25) is 0 Å². The van der Waals surface area contributed by atoms with Gasteiger partial charge in [-0.15, -0.1) is 0 Å². The van der Waals surface area contributed by atoms with Gasteiger partial charge in [-0.2, -0.15) is 4.98 Å². The maximum atomic E-state index is 5.22.